The van der Waals surface area contributed by atoms with Gasteiger partial charge in [0.15, 0.2) is 0 Å². The normalized spacial score (nSPS) is 13.7. The molecule has 1 rings (SSSR count). The van der Waals surface area contributed by atoms with Gasteiger partial charge in [0, 0.05) is 18.8 Å². The number of unbranched alkanes of at least 4 members (excludes halogenated alkanes) is 1. The summed E-state index contributed by atoms with van der Waals surface area (Å²) in [6.45, 7) is 3.93. The van der Waals surface area contributed by atoms with Crippen molar-refractivity contribution >= 4 is 6.21 Å². The Morgan fingerprint density at radius 1 is 1.35 bits per heavy atom. The number of aliphatic imine (C=N–C) groups is 1. The van der Waals surface area contributed by atoms with Gasteiger partial charge in [0.25, 0.3) is 0 Å². The summed E-state index contributed by atoms with van der Waals surface area (Å²) in [5, 5.41) is 0. The molecule has 1 aromatic rings. The van der Waals surface area contributed by atoms with Gasteiger partial charge in [-0.05, 0) is 31.5 Å². The SMILES string of the molecule is CCCC[C@H](C)Oc1ccc(C=NC)c(C(F)(F)F)c1. The van der Waals surface area contributed by atoms with Crippen LogP contribution in [-0.4, -0.2) is 19.4 Å². The van der Waals surface area contributed by atoms with Crippen LogP contribution in [0.5, 0.6) is 5.75 Å². The molecule has 1 atom stereocenters. The molecule has 0 saturated carbocycles. The van der Waals surface area contributed by atoms with Crippen molar-refractivity contribution in [3.63, 3.8) is 0 Å². The van der Waals surface area contributed by atoms with Gasteiger partial charge in [-0.25, -0.2) is 0 Å². The molecular formula is C15H20F3NO. The molecule has 0 spiro atoms. The Kier molecular flexibility index (Phi) is 6.05. The summed E-state index contributed by atoms with van der Waals surface area (Å²) < 4.78 is 44.5. The average Bonchev–Trinajstić information content (AvgIpc) is 2.37. The van der Waals surface area contributed by atoms with Crippen molar-refractivity contribution in [3.05, 3.63) is 29.3 Å². The number of ether oxygens (including phenoxy) is 1. The molecular weight excluding hydrogens is 267 g/mol. The average molecular weight is 287 g/mol. The van der Waals surface area contributed by atoms with E-state index in [4.69, 9.17) is 4.74 Å². The van der Waals surface area contributed by atoms with Crippen LogP contribution in [0.3, 0.4) is 0 Å². The second-order valence-electron chi connectivity index (χ2n) is 4.70. The van der Waals surface area contributed by atoms with Gasteiger partial charge in [0.2, 0.25) is 0 Å². The Labute approximate surface area is 117 Å². The van der Waals surface area contributed by atoms with E-state index in [0.717, 1.165) is 25.3 Å². The fourth-order valence-corrected chi connectivity index (χ4v) is 1.89. The van der Waals surface area contributed by atoms with Crippen molar-refractivity contribution in [3.8, 4) is 5.75 Å². The van der Waals surface area contributed by atoms with Crippen molar-refractivity contribution in [2.45, 2.75) is 45.4 Å². The molecule has 0 aliphatic heterocycles. The first kappa shape index (κ1) is 16.5. The lowest BCUT2D eigenvalue weighted by Crippen LogP contribution is -2.14. The second kappa shape index (κ2) is 7.31. The predicted octanol–water partition coefficient (Wildman–Crippen LogP) is 4.71. The Morgan fingerprint density at radius 3 is 2.60 bits per heavy atom. The number of nitrogens with zero attached hydrogens (tertiary/aromatic N) is 1. The number of rotatable bonds is 6. The van der Waals surface area contributed by atoms with Crippen molar-refractivity contribution in [1.82, 2.24) is 0 Å². The van der Waals surface area contributed by atoms with Crippen LogP contribution in [0.15, 0.2) is 23.2 Å². The van der Waals surface area contributed by atoms with Crippen LogP contribution in [0.2, 0.25) is 0 Å². The van der Waals surface area contributed by atoms with Crippen LogP contribution < -0.4 is 4.74 Å². The zero-order valence-corrected chi connectivity index (χ0v) is 12.0. The van der Waals surface area contributed by atoms with Crippen molar-refractivity contribution in [1.29, 1.82) is 0 Å². The van der Waals surface area contributed by atoms with Crippen molar-refractivity contribution < 1.29 is 17.9 Å². The molecule has 0 N–H and O–H groups in total. The van der Waals surface area contributed by atoms with E-state index in [2.05, 4.69) is 11.9 Å². The summed E-state index contributed by atoms with van der Waals surface area (Å²) in [4.78, 5) is 3.65. The van der Waals surface area contributed by atoms with Gasteiger partial charge in [-0.2, -0.15) is 13.2 Å². The fourth-order valence-electron chi connectivity index (χ4n) is 1.89. The van der Waals surface area contributed by atoms with Crippen LogP contribution in [0.4, 0.5) is 13.2 Å². The van der Waals surface area contributed by atoms with Gasteiger partial charge in [0.05, 0.1) is 11.7 Å². The van der Waals surface area contributed by atoms with Gasteiger partial charge in [0.1, 0.15) is 5.75 Å². The summed E-state index contributed by atoms with van der Waals surface area (Å²) in [5.41, 5.74) is -0.670. The quantitative estimate of drug-likeness (QED) is 0.694. The Balaban J connectivity index is 2.95. The number of hydrogen-bond acceptors (Lipinski definition) is 2. The molecule has 0 aromatic heterocycles. The zero-order valence-electron chi connectivity index (χ0n) is 12.0. The number of benzene rings is 1. The Hall–Kier alpha value is -1.52. The monoisotopic (exact) mass is 287 g/mol. The van der Waals surface area contributed by atoms with Crippen LogP contribution in [0, 0.1) is 0 Å². The molecule has 0 amide bonds. The minimum Gasteiger partial charge on any atom is -0.491 e. The maximum Gasteiger partial charge on any atom is 0.417 e. The van der Waals surface area contributed by atoms with E-state index in [1.165, 1.54) is 19.3 Å². The number of alkyl halides is 3. The van der Waals surface area contributed by atoms with E-state index >= 15 is 0 Å². The molecule has 0 saturated heterocycles. The van der Waals surface area contributed by atoms with Gasteiger partial charge in [-0.3, -0.25) is 4.99 Å². The molecule has 2 nitrogen and oxygen atoms in total. The fraction of sp³-hybridized carbons (Fsp3) is 0.533. The molecule has 1 aromatic carbocycles. The molecule has 20 heavy (non-hydrogen) atoms. The molecule has 112 valence electrons. The smallest absolute Gasteiger partial charge is 0.417 e. The highest BCUT2D eigenvalue weighted by molar-refractivity contribution is 5.82. The highest BCUT2D eigenvalue weighted by Crippen LogP contribution is 2.34. The van der Waals surface area contributed by atoms with Gasteiger partial charge >= 0.3 is 6.18 Å². The lowest BCUT2D eigenvalue weighted by molar-refractivity contribution is -0.137. The number of halogens is 3. The maximum absolute atomic E-state index is 13.0. The first-order valence-corrected chi connectivity index (χ1v) is 6.68. The summed E-state index contributed by atoms with van der Waals surface area (Å²) in [6.07, 6.45) is -0.450. The van der Waals surface area contributed by atoms with E-state index in [1.807, 2.05) is 6.92 Å². The largest absolute Gasteiger partial charge is 0.491 e. The summed E-state index contributed by atoms with van der Waals surface area (Å²) in [7, 11) is 1.44. The number of hydrogen-bond donors (Lipinski definition) is 0. The maximum atomic E-state index is 13.0. The minimum absolute atomic E-state index is 0.0496. The first-order chi connectivity index (χ1) is 9.38. The van der Waals surface area contributed by atoms with E-state index in [0.29, 0.717) is 0 Å². The minimum atomic E-state index is -4.41. The molecule has 0 unspecified atom stereocenters. The molecule has 0 aliphatic carbocycles. The highest BCUT2D eigenvalue weighted by atomic mass is 19.4. The molecule has 0 aliphatic rings. The third-order valence-electron chi connectivity index (χ3n) is 2.90. The lowest BCUT2D eigenvalue weighted by Gasteiger charge is -2.17. The summed E-state index contributed by atoms with van der Waals surface area (Å²) >= 11 is 0. The van der Waals surface area contributed by atoms with Gasteiger partial charge < -0.3 is 4.74 Å². The van der Waals surface area contributed by atoms with Crippen molar-refractivity contribution in [2.75, 3.05) is 7.05 Å². The Bertz CT molecular complexity index is 455. The van der Waals surface area contributed by atoms with E-state index in [-0.39, 0.29) is 17.4 Å². The topological polar surface area (TPSA) is 21.6 Å². The van der Waals surface area contributed by atoms with Crippen LogP contribution in [-0.2, 0) is 6.18 Å². The third-order valence-corrected chi connectivity index (χ3v) is 2.90. The van der Waals surface area contributed by atoms with Crippen LogP contribution in [0.1, 0.15) is 44.2 Å². The highest BCUT2D eigenvalue weighted by Gasteiger charge is 2.33. The molecule has 5 heteroatoms. The second-order valence-corrected chi connectivity index (χ2v) is 4.70. The Morgan fingerprint density at radius 2 is 2.05 bits per heavy atom. The molecule has 0 fully saturated rings. The summed E-state index contributed by atoms with van der Waals surface area (Å²) in [5.74, 6) is 0.245. The van der Waals surface area contributed by atoms with E-state index in [1.54, 1.807) is 6.07 Å². The van der Waals surface area contributed by atoms with Crippen LogP contribution >= 0.6 is 0 Å². The predicted molar refractivity (Wildman–Crippen MR) is 74.6 cm³/mol. The third kappa shape index (κ3) is 4.87. The van der Waals surface area contributed by atoms with Crippen LogP contribution in [0.25, 0.3) is 0 Å². The van der Waals surface area contributed by atoms with Gasteiger partial charge in [-0.1, -0.05) is 19.8 Å². The van der Waals surface area contributed by atoms with Crippen molar-refractivity contribution in [2.24, 2.45) is 4.99 Å². The van der Waals surface area contributed by atoms with E-state index < -0.39 is 11.7 Å². The molecule has 0 bridgehead atoms. The van der Waals surface area contributed by atoms with E-state index in [9.17, 15) is 13.2 Å². The standard InChI is InChI=1S/C15H20F3NO/c1-4-5-6-11(2)20-13-8-7-12(10-19-3)14(9-13)15(16,17)18/h7-11H,4-6H2,1-3H3/t11-/m0/s1. The first-order valence-electron chi connectivity index (χ1n) is 6.68. The zero-order chi connectivity index (χ0) is 15.2. The molecule has 0 heterocycles. The lowest BCUT2D eigenvalue weighted by atomic mass is 10.1. The molecule has 0 radical (unpaired) electrons. The van der Waals surface area contributed by atoms with Gasteiger partial charge in [-0.15, -0.1) is 0 Å². The summed E-state index contributed by atoms with van der Waals surface area (Å²) in [6, 6.07) is 3.98.